The van der Waals surface area contributed by atoms with Gasteiger partial charge in [-0.15, -0.1) is 0 Å². The van der Waals surface area contributed by atoms with Gasteiger partial charge in [0, 0.05) is 0 Å². The molecule has 3 aromatic rings. The molecule has 2 heterocycles. The molecule has 0 spiro atoms. The summed E-state index contributed by atoms with van der Waals surface area (Å²) >= 11 is 36.4. The largest absolute Gasteiger partial charge is 0.300 e. The Morgan fingerprint density at radius 2 is 1.04 bits per heavy atom. The lowest BCUT2D eigenvalue weighted by molar-refractivity contribution is 0.777. The summed E-state index contributed by atoms with van der Waals surface area (Å²) in [6.45, 7) is 4.93. The maximum Gasteiger partial charge on any atom is 0.205 e. The zero-order chi connectivity index (χ0) is 19.2. The molecule has 138 valence electrons. The Hall–Kier alpha value is -0.620. The predicted molar refractivity (Wildman–Crippen MR) is 109 cm³/mol. The van der Waals surface area contributed by atoms with Crippen molar-refractivity contribution in [2.45, 2.75) is 26.9 Å². The van der Waals surface area contributed by atoms with Gasteiger partial charge in [0.05, 0.1) is 13.1 Å². The maximum atomic E-state index is 6.16. The van der Waals surface area contributed by atoms with Crippen LogP contribution >= 0.6 is 69.6 Å². The Bertz CT molecular complexity index is 912. The van der Waals surface area contributed by atoms with Crippen molar-refractivity contribution in [3.05, 3.63) is 65.6 Å². The molecular formula is C16H12Cl6N4. The number of benzene rings is 1. The summed E-state index contributed by atoms with van der Waals surface area (Å²) in [5.41, 5.74) is 4.21. The number of aryl methyl sites for hydroxylation is 2. The lowest BCUT2D eigenvalue weighted by Gasteiger charge is -2.15. The number of nitrogens with zero attached hydrogens (tertiary/aromatic N) is 4. The minimum Gasteiger partial charge on any atom is -0.300 e. The molecule has 0 bridgehead atoms. The van der Waals surface area contributed by atoms with Crippen LogP contribution in [0, 0.1) is 13.8 Å². The van der Waals surface area contributed by atoms with Crippen LogP contribution < -0.4 is 0 Å². The highest BCUT2D eigenvalue weighted by molar-refractivity contribution is 6.42. The van der Waals surface area contributed by atoms with Crippen molar-refractivity contribution < 1.29 is 0 Å². The fourth-order valence-electron chi connectivity index (χ4n) is 2.65. The second-order valence-corrected chi connectivity index (χ2v) is 7.91. The second-order valence-electron chi connectivity index (χ2n) is 5.80. The minimum atomic E-state index is 0.184. The minimum absolute atomic E-state index is 0.184. The molecule has 0 atom stereocenters. The first kappa shape index (κ1) is 20.1. The molecule has 0 radical (unpaired) electrons. The normalized spacial score (nSPS) is 11.4. The molecule has 0 aliphatic carbocycles. The molecule has 26 heavy (non-hydrogen) atoms. The number of aromatic nitrogens is 4. The Morgan fingerprint density at radius 3 is 1.31 bits per heavy atom. The van der Waals surface area contributed by atoms with Gasteiger partial charge in [0.15, 0.2) is 10.3 Å². The van der Waals surface area contributed by atoms with Gasteiger partial charge in [-0.3, -0.25) is 9.13 Å². The summed E-state index contributed by atoms with van der Waals surface area (Å²) in [6, 6.07) is 4.12. The van der Waals surface area contributed by atoms with E-state index in [9.17, 15) is 0 Å². The first-order chi connectivity index (χ1) is 12.2. The smallest absolute Gasteiger partial charge is 0.205 e. The lowest BCUT2D eigenvalue weighted by Crippen LogP contribution is -2.06. The molecule has 0 saturated carbocycles. The Kier molecular flexibility index (Phi) is 6.02. The van der Waals surface area contributed by atoms with Gasteiger partial charge in [0.1, 0.15) is 10.3 Å². The van der Waals surface area contributed by atoms with Crippen molar-refractivity contribution in [3.8, 4) is 0 Å². The molecule has 0 aliphatic rings. The number of hydrogen-bond donors (Lipinski definition) is 0. The van der Waals surface area contributed by atoms with Crippen molar-refractivity contribution in [3.63, 3.8) is 0 Å². The lowest BCUT2D eigenvalue weighted by atomic mass is 9.99. The average molecular weight is 473 g/mol. The molecule has 10 heteroatoms. The Morgan fingerprint density at radius 1 is 0.692 bits per heavy atom. The Labute approximate surface area is 180 Å². The van der Waals surface area contributed by atoms with Gasteiger partial charge >= 0.3 is 0 Å². The molecule has 0 amide bonds. The van der Waals surface area contributed by atoms with Crippen molar-refractivity contribution in [1.29, 1.82) is 0 Å². The number of imidazole rings is 2. The molecule has 3 rings (SSSR count). The molecule has 0 aliphatic heterocycles. The highest BCUT2D eigenvalue weighted by atomic mass is 35.5. The molecule has 2 aromatic heterocycles. The van der Waals surface area contributed by atoms with Gasteiger partial charge in [-0.05, 0) is 59.3 Å². The number of rotatable bonds is 4. The summed E-state index contributed by atoms with van der Waals surface area (Å²) in [4.78, 5) is 7.93. The van der Waals surface area contributed by atoms with Gasteiger partial charge < -0.3 is 0 Å². The molecule has 0 saturated heterocycles. The SMILES string of the molecule is Cc1cc(Cn2c(Cl)nc(Cl)c2Cl)c(C)cc1Cn1c(Cl)nc(Cl)c1Cl. The highest BCUT2D eigenvalue weighted by Gasteiger charge is 2.16. The van der Waals surface area contributed by atoms with Gasteiger partial charge in [-0.1, -0.05) is 58.5 Å². The van der Waals surface area contributed by atoms with Crippen LogP contribution in [0.4, 0.5) is 0 Å². The molecule has 0 fully saturated rings. The summed E-state index contributed by atoms with van der Waals surface area (Å²) in [6.07, 6.45) is 0. The van der Waals surface area contributed by atoms with E-state index >= 15 is 0 Å². The standard InChI is InChI=1S/C16H12Cl6N4/c1-7-3-10(6-26-14(20)12(18)24-16(26)22)8(2)4-9(7)5-25-13(19)11(17)23-15(25)21/h3-4H,5-6H2,1-2H3. The van der Waals surface area contributed by atoms with Crippen LogP contribution in [0.2, 0.25) is 31.2 Å². The van der Waals surface area contributed by atoms with Crippen molar-refractivity contribution >= 4 is 69.6 Å². The van der Waals surface area contributed by atoms with Gasteiger partial charge in [0.2, 0.25) is 10.6 Å². The van der Waals surface area contributed by atoms with E-state index in [0.717, 1.165) is 22.3 Å². The first-order valence-electron chi connectivity index (χ1n) is 7.42. The molecule has 1 aromatic carbocycles. The molecular weight excluding hydrogens is 461 g/mol. The first-order valence-corrected chi connectivity index (χ1v) is 9.68. The third-order valence-corrected chi connectivity index (χ3v) is 6.16. The van der Waals surface area contributed by atoms with Crippen LogP contribution in [0.1, 0.15) is 22.3 Å². The van der Waals surface area contributed by atoms with Crippen LogP contribution in [0.3, 0.4) is 0 Å². The summed E-state index contributed by atoms with van der Waals surface area (Å²) in [5, 5.41) is 1.47. The van der Waals surface area contributed by atoms with Crippen molar-refractivity contribution in [2.75, 3.05) is 0 Å². The topological polar surface area (TPSA) is 35.6 Å². The number of hydrogen-bond acceptors (Lipinski definition) is 2. The third kappa shape index (κ3) is 3.82. The fourth-order valence-corrected chi connectivity index (χ4v) is 4.01. The second kappa shape index (κ2) is 7.78. The van der Waals surface area contributed by atoms with Crippen LogP contribution in [-0.4, -0.2) is 19.1 Å². The quantitative estimate of drug-likeness (QED) is 0.422. The molecule has 0 N–H and O–H groups in total. The van der Waals surface area contributed by atoms with Crippen LogP contribution in [0.25, 0.3) is 0 Å². The van der Waals surface area contributed by atoms with Gasteiger partial charge in [-0.2, -0.15) is 0 Å². The van der Waals surface area contributed by atoms with Crippen LogP contribution in [0.5, 0.6) is 0 Å². The van der Waals surface area contributed by atoms with Crippen LogP contribution in [-0.2, 0) is 13.1 Å². The van der Waals surface area contributed by atoms with Crippen molar-refractivity contribution in [1.82, 2.24) is 19.1 Å². The predicted octanol–water partition coefficient (Wildman–Crippen LogP) is 6.71. The van der Waals surface area contributed by atoms with E-state index in [0.29, 0.717) is 23.4 Å². The zero-order valence-electron chi connectivity index (χ0n) is 13.6. The Balaban J connectivity index is 1.93. The summed E-state index contributed by atoms with van der Waals surface area (Å²) in [5.74, 6) is 0. The summed E-state index contributed by atoms with van der Waals surface area (Å²) < 4.78 is 3.30. The van der Waals surface area contributed by atoms with Gasteiger partial charge in [0.25, 0.3) is 0 Å². The van der Waals surface area contributed by atoms with E-state index in [-0.39, 0.29) is 20.9 Å². The molecule has 4 nitrogen and oxygen atoms in total. The maximum absolute atomic E-state index is 6.16. The van der Waals surface area contributed by atoms with E-state index in [4.69, 9.17) is 69.6 Å². The monoisotopic (exact) mass is 470 g/mol. The highest BCUT2D eigenvalue weighted by Crippen LogP contribution is 2.30. The summed E-state index contributed by atoms with van der Waals surface area (Å²) in [7, 11) is 0. The van der Waals surface area contributed by atoms with E-state index in [1.807, 2.05) is 13.8 Å². The third-order valence-electron chi connectivity index (χ3n) is 4.09. The van der Waals surface area contributed by atoms with Crippen molar-refractivity contribution in [2.24, 2.45) is 0 Å². The molecule has 0 unspecified atom stereocenters. The van der Waals surface area contributed by atoms with E-state index < -0.39 is 0 Å². The average Bonchev–Trinajstić information content (AvgIpc) is 2.95. The van der Waals surface area contributed by atoms with Crippen LogP contribution in [0.15, 0.2) is 12.1 Å². The number of halogens is 6. The zero-order valence-corrected chi connectivity index (χ0v) is 18.2. The van der Waals surface area contributed by atoms with E-state index in [2.05, 4.69) is 22.1 Å². The van der Waals surface area contributed by atoms with E-state index in [1.54, 1.807) is 9.13 Å². The van der Waals surface area contributed by atoms with E-state index in [1.165, 1.54) is 0 Å². The fraction of sp³-hybridized carbons (Fsp3) is 0.250. The van der Waals surface area contributed by atoms with Gasteiger partial charge in [-0.25, -0.2) is 9.97 Å².